The molecule has 0 spiro atoms. The van der Waals surface area contributed by atoms with Gasteiger partial charge in [0.1, 0.15) is 0 Å². The standard InChI is InChI=1S/C10H20N4S2/c1-3-4-6-9-12-13-10(14(9)11)16-8-5-7-15-2/h3-8,11H2,1-2H3. The number of nitrogens with zero attached hydrogens (tertiary/aromatic N) is 3. The number of aryl methyl sites for hydroxylation is 1. The van der Waals surface area contributed by atoms with Crippen LogP contribution in [0.2, 0.25) is 0 Å². The van der Waals surface area contributed by atoms with Gasteiger partial charge in [-0.2, -0.15) is 11.8 Å². The summed E-state index contributed by atoms with van der Waals surface area (Å²) in [6.07, 6.45) is 6.50. The fourth-order valence-electron chi connectivity index (χ4n) is 1.28. The van der Waals surface area contributed by atoms with Crippen LogP contribution >= 0.6 is 23.5 Å². The molecule has 0 aliphatic carbocycles. The minimum Gasteiger partial charge on any atom is -0.336 e. The van der Waals surface area contributed by atoms with E-state index >= 15 is 0 Å². The molecule has 0 amide bonds. The minimum absolute atomic E-state index is 0.840. The van der Waals surface area contributed by atoms with Gasteiger partial charge in [0.15, 0.2) is 5.82 Å². The van der Waals surface area contributed by atoms with Crippen molar-refractivity contribution >= 4 is 23.5 Å². The molecule has 0 aromatic carbocycles. The van der Waals surface area contributed by atoms with Gasteiger partial charge in [-0.3, -0.25) is 0 Å². The lowest BCUT2D eigenvalue weighted by Gasteiger charge is -2.02. The molecule has 4 nitrogen and oxygen atoms in total. The molecule has 92 valence electrons. The van der Waals surface area contributed by atoms with Crippen LogP contribution in [0.4, 0.5) is 0 Å². The van der Waals surface area contributed by atoms with Gasteiger partial charge in [0.05, 0.1) is 0 Å². The molecule has 2 N–H and O–H groups in total. The molecular weight excluding hydrogens is 240 g/mol. The minimum atomic E-state index is 0.840. The summed E-state index contributed by atoms with van der Waals surface area (Å²) in [4.78, 5) is 0. The molecule has 0 aliphatic rings. The topological polar surface area (TPSA) is 56.7 Å². The van der Waals surface area contributed by atoms with Crippen molar-refractivity contribution in [2.24, 2.45) is 0 Å². The van der Waals surface area contributed by atoms with Crippen LogP contribution in [0.5, 0.6) is 0 Å². The Balaban J connectivity index is 2.38. The van der Waals surface area contributed by atoms with Crippen molar-refractivity contribution in [1.82, 2.24) is 14.9 Å². The highest BCUT2D eigenvalue weighted by molar-refractivity contribution is 7.99. The second-order valence-corrected chi connectivity index (χ2v) is 5.61. The Morgan fingerprint density at radius 2 is 2.06 bits per heavy atom. The molecular formula is C10H20N4S2. The highest BCUT2D eigenvalue weighted by atomic mass is 32.2. The lowest BCUT2D eigenvalue weighted by Crippen LogP contribution is -2.14. The summed E-state index contributed by atoms with van der Waals surface area (Å²) >= 11 is 3.56. The zero-order valence-electron chi connectivity index (χ0n) is 9.98. The first kappa shape index (κ1) is 13.7. The Bertz CT molecular complexity index is 301. The van der Waals surface area contributed by atoms with E-state index in [-0.39, 0.29) is 0 Å². The van der Waals surface area contributed by atoms with Crippen LogP contribution < -0.4 is 5.84 Å². The third-order valence-corrected chi connectivity index (χ3v) is 3.94. The molecule has 0 radical (unpaired) electrons. The Hall–Kier alpha value is -0.360. The van der Waals surface area contributed by atoms with Crippen LogP contribution in [-0.4, -0.2) is 32.6 Å². The number of rotatable bonds is 8. The molecule has 1 aromatic heterocycles. The second kappa shape index (κ2) is 7.84. The van der Waals surface area contributed by atoms with Crippen LogP contribution in [-0.2, 0) is 6.42 Å². The highest BCUT2D eigenvalue weighted by Gasteiger charge is 2.08. The largest absolute Gasteiger partial charge is 0.336 e. The quantitative estimate of drug-likeness (QED) is 0.441. The van der Waals surface area contributed by atoms with Gasteiger partial charge in [0.25, 0.3) is 0 Å². The Morgan fingerprint density at radius 1 is 1.25 bits per heavy atom. The van der Waals surface area contributed by atoms with Crippen LogP contribution in [0.25, 0.3) is 0 Å². The van der Waals surface area contributed by atoms with Crippen molar-refractivity contribution in [2.45, 2.75) is 37.8 Å². The molecule has 1 aromatic rings. The molecule has 1 heterocycles. The molecule has 0 saturated heterocycles. The third kappa shape index (κ3) is 4.25. The van der Waals surface area contributed by atoms with E-state index in [0.717, 1.165) is 36.0 Å². The summed E-state index contributed by atoms with van der Waals surface area (Å²) in [5.74, 6) is 9.07. The lowest BCUT2D eigenvalue weighted by molar-refractivity contribution is 0.712. The second-order valence-electron chi connectivity index (χ2n) is 3.57. The number of hydrogen-bond donors (Lipinski definition) is 1. The molecule has 0 fully saturated rings. The Kier molecular flexibility index (Phi) is 6.71. The average molecular weight is 260 g/mol. The summed E-state index contributed by atoms with van der Waals surface area (Å²) in [5.41, 5.74) is 0. The normalized spacial score (nSPS) is 10.9. The van der Waals surface area contributed by atoms with Crippen molar-refractivity contribution < 1.29 is 0 Å². The van der Waals surface area contributed by atoms with Crippen molar-refractivity contribution in [3.63, 3.8) is 0 Å². The van der Waals surface area contributed by atoms with Crippen LogP contribution in [0, 0.1) is 0 Å². The van der Waals surface area contributed by atoms with Crippen molar-refractivity contribution in [3.8, 4) is 0 Å². The monoisotopic (exact) mass is 260 g/mol. The maximum absolute atomic E-state index is 5.92. The molecule has 1 rings (SSSR count). The van der Waals surface area contributed by atoms with Gasteiger partial charge in [0.2, 0.25) is 5.16 Å². The number of aromatic nitrogens is 3. The zero-order chi connectivity index (χ0) is 11.8. The predicted octanol–water partition coefficient (Wildman–Crippen LogP) is 2.18. The number of thioether (sulfide) groups is 2. The van der Waals surface area contributed by atoms with Gasteiger partial charge in [-0.05, 0) is 24.9 Å². The van der Waals surface area contributed by atoms with Crippen LogP contribution in [0.1, 0.15) is 32.0 Å². The first-order chi connectivity index (χ1) is 7.79. The molecule has 0 saturated carbocycles. The molecule has 0 atom stereocenters. The molecule has 0 aliphatic heterocycles. The van der Waals surface area contributed by atoms with Crippen LogP contribution in [0.15, 0.2) is 5.16 Å². The summed E-state index contributed by atoms with van der Waals surface area (Å²) in [7, 11) is 0. The van der Waals surface area contributed by atoms with Gasteiger partial charge >= 0.3 is 0 Å². The first-order valence-corrected chi connectivity index (χ1v) is 7.98. The molecule has 16 heavy (non-hydrogen) atoms. The van der Waals surface area contributed by atoms with E-state index in [9.17, 15) is 0 Å². The molecule has 0 unspecified atom stereocenters. The fourth-order valence-corrected chi connectivity index (χ4v) is 2.71. The summed E-state index contributed by atoms with van der Waals surface area (Å²) < 4.78 is 1.64. The summed E-state index contributed by atoms with van der Waals surface area (Å²) in [5, 5.41) is 9.06. The maximum atomic E-state index is 5.92. The summed E-state index contributed by atoms with van der Waals surface area (Å²) in [6.45, 7) is 2.16. The van der Waals surface area contributed by atoms with Gasteiger partial charge in [-0.25, -0.2) is 4.68 Å². The van der Waals surface area contributed by atoms with E-state index < -0.39 is 0 Å². The third-order valence-electron chi connectivity index (χ3n) is 2.21. The van der Waals surface area contributed by atoms with Crippen molar-refractivity contribution in [2.75, 3.05) is 23.6 Å². The smallest absolute Gasteiger partial charge is 0.209 e. The van der Waals surface area contributed by atoms with Crippen LogP contribution in [0.3, 0.4) is 0 Å². The van der Waals surface area contributed by atoms with E-state index in [2.05, 4.69) is 23.4 Å². The first-order valence-electron chi connectivity index (χ1n) is 5.60. The maximum Gasteiger partial charge on any atom is 0.209 e. The SMILES string of the molecule is CCCCc1nnc(SCCCSC)n1N. The van der Waals surface area contributed by atoms with Crippen molar-refractivity contribution in [3.05, 3.63) is 5.82 Å². The predicted molar refractivity (Wildman–Crippen MR) is 72.5 cm³/mol. The fraction of sp³-hybridized carbons (Fsp3) is 0.800. The lowest BCUT2D eigenvalue weighted by atomic mass is 10.2. The van der Waals surface area contributed by atoms with E-state index in [1.165, 1.54) is 12.2 Å². The Labute approximate surface area is 106 Å². The van der Waals surface area contributed by atoms with E-state index in [4.69, 9.17) is 5.84 Å². The Morgan fingerprint density at radius 3 is 2.75 bits per heavy atom. The van der Waals surface area contributed by atoms with E-state index in [1.807, 2.05) is 11.8 Å². The highest BCUT2D eigenvalue weighted by Crippen LogP contribution is 2.17. The average Bonchev–Trinajstić information content (AvgIpc) is 2.64. The van der Waals surface area contributed by atoms with Gasteiger partial charge < -0.3 is 5.84 Å². The van der Waals surface area contributed by atoms with E-state index in [0.29, 0.717) is 0 Å². The van der Waals surface area contributed by atoms with Gasteiger partial charge in [-0.15, -0.1) is 10.2 Å². The number of nitrogens with two attached hydrogens (primary N) is 1. The molecule has 0 bridgehead atoms. The van der Waals surface area contributed by atoms with Gasteiger partial charge in [0, 0.05) is 12.2 Å². The van der Waals surface area contributed by atoms with Crippen molar-refractivity contribution in [1.29, 1.82) is 0 Å². The van der Waals surface area contributed by atoms with E-state index in [1.54, 1.807) is 16.4 Å². The number of unbranched alkanes of at least 4 members (excludes halogenated alkanes) is 1. The number of nitrogen functional groups attached to an aromatic ring is 1. The van der Waals surface area contributed by atoms with Gasteiger partial charge in [-0.1, -0.05) is 25.1 Å². The summed E-state index contributed by atoms with van der Waals surface area (Å²) in [6, 6.07) is 0. The molecule has 6 heteroatoms. The number of hydrogen-bond acceptors (Lipinski definition) is 5. The zero-order valence-corrected chi connectivity index (χ0v) is 11.6.